The van der Waals surface area contributed by atoms with Crippen LogP contribution in [0.15, 0.2) is 18.2 Å². The molecular weight excluding hydrogens is 197 g/mol. The Balaban J connectivity index is 2.87. The SMILES string of the molecule is CCc1cccc2sc(C#N)c(F)c12. The average Bonchev–Trinajstić information content (AvgIpc) is 2.55. The van der Waals surface area contributed by atoms with Gasteiger partial charge in [-0.1, -0.05) is 19.1 Å². The molecule has 14 heavy (non-hydrogen) atoms. The number of halogens is 1. The molecule has 1 heterocycles. The molecule has 0 bridgehead atoms. The summed E-state index contributed by atoms with van der Waals surface area (Å²) >= 11 is 1.22. The first kappa shape index (κ1) is 9.17. The largest absolute Gasteiger partial charge is 0.204 e. The fourth-order valence-corrected chi connectivity index (χ4v) is 2.47. The van der Waals surface area contributed by atoms with E-state index in [0.29, 0.717) is 5.39 Å². The Morgan fingerprint density at radius 1 is 1.50 bits per heavy atom. The van der Waals surface area contributed by atoms with Gasteiger partial charge in [-0.2, -0.15) is 5.26 Å². The number of benzene rings is 1. The maximum atomic E-state index is 13.7. The van der Waals surface area contributed by atoms with E-state index in [2.05, 4.69) is 0 Å². The van der Waals surface area contributed by atoms with Crippen molar-refractivity contribution in [1.82, 2.24) is 0 Å². The molecule has 0 aliphatic rings. The molecule has 2 aromatic rings. The number of thiophene rings is 1. The molecule has 3 heteroatoms. The van der Waals surface area contributed by atoms with Crippen LogP contribution in [-0.2, 0) is 6.42 Å². The number of nitriles is 1. The Morgan fingerprint density at radius 3 is 2.93 bits per heavy atom. The van der Waals surface area contributed by atoms with Gasteiger partial charge in [-0.05, 0) is 18.1 Å². The second-order valence-electron chi connectivity index (χ2n) is 3.00. The number of fused-ring (bicyclic) bond motifs is 1. The highest BCUT2D eigenvalue weighted by atomic mass is 32.1. The third kappa shape index (κ3) is 1.19. The van der Waals surface area contributed by atoms with Crippen molar-refractivity contribution in [3.63, 3.8) is 0 Å². The molecule has 0 atom stereocenters. The van der Waals surface area contributed by atoms with Crippen LogP contribution in [-0.4, -0.2) is 0 Å². The predicted molar refractivity (Wildman–Crippen MR) is 55.9 cm³/mol. The van der Waals surface area contributed by atoms with Gasteiger partial charge in [0, 0.05) is 10.1 Å². The zero-order valence-corrected chi connectivity index (χ0v) is 8.49. The lowest BCUT2D eigenvalue weighted by Gasteiger charge is -1.97. The van der Waals surface area contributed by atoms with Gasteiger partial charge in [0.25, 0.3) is 0 Å². The summed E-state index contributed by atoms with van der Waals surface area (Å²) in [4.78, 5) is 0.181. The average molecular weight is 205 g/mol. The molecule has 0 saturated carbocycles. The molecular formula is C11H8FNS. The van der Waals surface area contributed by atoms with E-state index >= 15 is 0 Å². The Morgan fingerprint density at radius 2 is 2.29 bits per heavy atom. The minimum Gasteiger partial charge on any atom is -0.204 e. The molecule has 1 aromatic carbocycles. The zero-order chi connectivity index (χ0) is 10.1. The summed E-state index contributed by atoms with van der Waals surface area (Å²) in [5, 5.41) is 9.33. The van der Waals surface area contributed by atoms with Crippen molar-refractivity contribution in [3.8, 4) is 6.07 Å². The molecule has 0 aliphatic carbocycles. The molecule has 1 nitrogen and oxygen atoms in total. The monoisotopic (exact) mass is 205 g/mol. The normalized spacial score (nSPS) is 10.4. The van der Waals surface area contributed by atoms with Crippen molar-refractivity contribution in [3.05, 3.63) is 34.5 Å². The number of aryl methyl sites for hydroxylation is 1. The van der Waals surface area contributed by atoms with Crippen LogP contribution in [0.4, 0.5) is 4.39 Å². The van der Waals surface area contributed by atoms with Gasteiger partial charge < -0.3 is 0 Å². The van der Waals surface area contributed by atoms with Crippen molar-refractivity contribution >= 4 is 21.4 Å². The first-order valence-corrected chi connectivity index (χ1v) is 5.19. The number of hydrogen-bond donors (Lipinski definition) is 0. The topological polar surface area (TPSA) is 23.8 Å². The molecule has 0 saturated heterocycles. The van der Waals surface area contributed by atoms with Gasteiger partial charge in [-0.15, -0.1) is 11.3 Å². The lowest BCUT2D eigenvalue weighted by atomic mass is 10.1. The van der Waals surface area contributed by atoms with Crippen molar-refractivity contribution < 1.29 is 4.39 Å². The molecule has 70 valence electrons. The second kappa shape index (κ2) is 3.39. The highest BCUT2D eigenvalue weighted by molar-refractivity contribution is 7.19. The summed E-state index contributed by atoms with van der Waals surface area (Å²) in [6.07, 6.45) is 0.788. The van der Waals surface area contributed by atoms with E-state index in [1.165, 1.54) is 11.3 Å². The minimum atomic E-state index is -0.357. The summed E-state index contributed by atoms with van der Waals surface area (Å²) in [6, 6.07) is 7.53. The Labute approximate surface area is 85.4 Å². The summed E-state index contributed by atoms with van der Waals surface area (Å²) < 4.78 is 14.5. The Hall–Kier alpha value is -1.40. The van der Waals surface area contributed by atoms with Crippen molar-refractivity contribution in [2.24, 2.45) is 0 Å². The maximum Gasteiger partial charge on any atom is 0.159 e. The summed E-state index contributed by atoms with van der Waals surface area (Å²) in [6.45, 7) is 1.98. The van der Waals surface area contributed by atoms with Crippen LogP contribution in [0.2, 0.25) is 0 Å². The Bertz CT molecular complexity index is 522. The van der Waals surface area contributed by atoms with Crippen LogP contribution in [0.5, 0.6) is 0 Å². The summed E-state index contributed by atoms with van der Waals surface area (Å²) in [7, 11) is 0. The predicted octanol–water partition coefficient (Wildman–Crippen LogP) is 3.47. The van der Waals surface area contributed by atoms with Crippen LogP contribution < -0.4 is 0 Å². The molecule has 1 aromatic heterocycles. The van der Waals surface area contributed by atoms with E-state index in [1.54, 1.807) is 0 Å². The quantitative estimate of drug-likeness (QED) is 0.699. The van der Waals surface area contributed by atoms with Gasteiger partial charge in [0.2, 0.25) is 0 Å². The van der Waals surface area contributed by atoms with E-state index in [4.69, 9.17) is 5.26 Å². The van der Waals surface area contributed by atoms with Gasteiger partial charge in [0.1, 0.15) is 10.9 Å². The van der Waals surface area contributed by atoms with Gasteiger partial charge in [0.15, 0.2) is 5.82 Å². The zero-order valence-electron chi connectivity index (χ0n) is 7.67. The molecule has 0 N–H and O–H groups in total. The lowest BCUT2D eigenvalue weighted by molar-refractivity contribution is 0.640. The summed E-state index contributed by atoms with van der Waals surface area (Å²) in [5.41, 5.74) is 0.970. The van der Waals surface area contributed by atoms with E-state index < -0.39 is 0 Å². The van der Waals surface area contributed by atoms with E-state index in [1.807, 2.05) is 31.2 Å². The maximum absolute atomic E-state index is 13.7. The van der Waals surface area contributed by atoms with Crippen molar-refractivity contribution in [1.29, 1.82) is 5.26 Å². The first-order chi connectivity index (χ1) is 6.77. The van der Waals surface area contributed by atoms with Crippen LogP contribution in [0.3, 0.4) is 0 Å². The van der Waals surface area contributed by atoms with Gasteiger partial charge in [-0.25, -0.2) is 4.39 Å². The number of rotatable bonds is 1. The highest BCUT2D eigenvalue weighted by Crippen LogP contribution is 2.31. The van der Waals surface area contributed by atoms with Gasteiger partial charge in [-0.3, -0.25) is 0 Å². The highest BCUT2D eigenvalue weighted by Gasteiger charge is 2.13. The number of nitrogens with zero attached hydrogens (tertiary/aromatic N) is 1. The van der Waals surface area contributed by atoms with Crippen LogP contribution in [0, 0.1) is 17.1 Å². The van der Waals surface area contributed by atoms with Crippen molar-refractivity contribution in [2.75, 3.05) is 0 Å². The van der Waals surface area contributed by atoms with E-state index in [0.717, 1.165) is 16.7 Å². The molecule has 0 radical (unpaired) electrons. The lowest BCUT2D eigenvalue weighted by Crippen LogP contribution is -1.83. The molecule has 0 spiro atoms. The standard InChI is InChI=1S/C11H8FNS/c1-2-7-4-3-5-8-10(7)11(12)9(6-13)14-8/h3-5H,2H2,1H3. The summed E-state index contributed by atoms with van der Waals surface area (Å²) in [5.74, 6) is -0.357. The van der Waals surface area contributed by atoms with Crippen LogP contribution in [0.25, 0.3) is 10.1 Å². The second-order valence-corrected chi connectivity index (χ2v) is 4.05. The molecule has 0 aliphatic heterocycles. The minimum absolute atomic E-state index is 0.181. The van der Waals surface area contributed by atoms with E-state index in [-0.39, 0.29) is 10.7 Å². The number of hydrogen-bond acceptors (Lipinski definition) is 2. The molecule has 0 unspecified atom stereocenters. The molecule has 0 fully saturated rings. The molecule has 2 rings (SSSR count). The fraction of sp³-hybridized carbons (Fsp3) is 0.182. The van der Waals surface area contributed by atoms with Crippen LogP contribution in [0.1, 0.15) is 17.4 Å². The van der Waals surface area contributed by atoms with Crippen molar-refractivity contribution in [2.45, 2.75) is 13.3 Å². The fourth-order valence-electron chi connectivity index (χ4n) is 1.55. The first-order valence-electron chi connectivity index (χ1n) is 4.38. The molecule has 0 amide bonds. The Kier molecular flexibility index (Phi) is 2.22. The van der Waals surface area contributed by atoms with Gasteiger partial charge >= 0.3 is 0 Å². The van der Waals surface area contributed by atoms with Crippen LogP contribution >= 0.6 is 11.3 Å². The third-order valence-electron chi connectivity index (χ3n) is 2.23. The smallest absolute Gasteiger partial charge is 0.159 e. The van der Waals surface area contributed by atoms with Gasteiger partial charge in [0.05, 0.1) is 0 Å². The third-order valence-corrected chi connectivity index (χ3v) is 3.26. The van der Waals surface area contributed by atoms with E-state index in [9.17, 15) is 4.39 Å².